The number of carbonyl (C=O) groups excluding carboxylic acids is 1. The molecule has 0 spiro atoms. The first kappa shape index (κ1) is 19.4. The summed E-state index contributed by atoms with van der Waals surface area (Å²) >= 11 is 5.26. The monoisotopic (exact) mass is 362 g/mol. The molecule has 1 saturated heterocycles. The van der Waals surface area contributed by atoms with Crippen LogP contribution in [0, 0.1) is 6.92 Å². The molecule has 0 radical (unpaired) electrons. The van der Waals surface area contributed by atoms with E-state index in [1.54, 1.807) is 7.11 Å². The number of nitrogens with one attached hydrogen (secondary N) is 1. The largest absolute Gasteiger partial charge is 0.494 e. The number of aryl methyl sites for hydroxylation is 1. The van der Waals surface area contributed by atoms with Crippen molar-refractivity contribution in [2.45, 2.75) is 33.6 Å². The Morgan fingerprint density at radius 2 is 2.08 bits per heavy atom. The van der Waals surface area contributed by atoms with Crippen LogP contribution in [-0.4, -0.2) is 42.8 Å². The maximum atomic E-state index is 12.6. The molecule has 1 N–H and O–H groups in total. The number of thiocarbonyl (C=S) groups is 1. The Balaban J connectivity index is 2.36. The summed E-state index contributed by atoms with van der Waals surface area (Å²) in [5, 5.41) is 3.43. The van der Waals surface area contributed by atoms with Gasteiger partial charge in [0.15, 0.2) is 5.11 Å². The van der Waals surface area contributed by atoms with Crippen molar-refractivity contribution in [3.63, 3.8) is 0 Å². The molecule has 1 amide bonds. The van der Waals surface area contributed by atoms with Crippen molar-refractivity contribution in [1.82, 2.24) is 10.2 Å². The van der Waals surface area contributed by atoms with Crippen LogP contribution in [0.5, 0.6) is 5.75 Å². The van der Waals surface area contributed by atoms with Gasteiger partial charge in [-0.3, -0.25) is 9.69 Å². The van der Waals surface area contributed by atoms with Crippen LogP contribution in [0.4, 0.5) is 0 Å². The van der Waals surface area contributed by atoms with Crippen molar-refractivity contribution in [3.8, 4) is 5.75 Å². The minimum absolute atomic E-state index is 0.124. The molecule has 25 heavy (non-hydrogen) atoms. The molecule has 2 rings (SSSR count). The number of benzene rings is 1. The molecule has 0 aromatic heterocycles. The van der Waals surface area contributed by atoms with Gasteiger partial charge in [-0.1, -0.05) is 13.8 Å². The third-order valence-corrected chi connectivity index (χ3v) is 4.42. The van der Waals surface area contributed by atoms with E-state index in [2.05, 4.69) is 25.2 Å². The molecule has 1 aliphatic rings. The van der Waals surface area contributed by atoms with Crippen molar-refractivity contribution in [3.05, 3.63) is 34.5 Å². The highest BCUT2D eigenvalue weighted by molar-refractivity contribution is 7.80. The second-order valence-corrected chi connectivity index (χ2v) is 6.66. The van der Waals surface area contributed by atoms with Gasteiger partial charge in [-0.2, -0.15) is 0 Å². The maximum absolute atomic E-state index is 12.6. The van der Waals surface area contributed by atoms with E-state index in [1.165, 1.54) is 4.90 Å². The lowest BCUT2D eigenvalue weighted by molar-refractivity contribution is -0.122. The van der Waals surface area contributed by atoms with Crippen LogP contribution in [0.2, 0.25) is 0 Å². The highest BCUT2D eigenvalue weighted by Gasteiger charge is 2.30. The first-order valence-corrected chi connectivity index (χ1v) is 8.90. The van der Waals surface area contributed by atoms with Gasteiger partial charge in [0, 0.05) is 7.11 Å². The van der Waals surface area contributed by atoms with Crippen LogP contribution in [0.15, 0.2) is 17.8 Å². The van der Waals surface area contributed by atoms with Crippen LogP contribution in [0.3, 0.4) is 0 Å². The lowest BCUT2D eigenvalue weighted by Crippen LogP contribution is -2.33. The molecule has 1 aliphatic heterocycles. The molecule has 0 aliphatic carbocycles. The third-order valence-electron chi connectivity index (χ3n) is 4.10. The van der Waals surface area contributed by atoms with E-state index in [9.17, 15) is 4.79 Å². The molecule has 1 heterocycles. The zero-order chi connectivity index (χ0) is 18.6. The number of hydrogen-bond donors (Lipinski definition) is 1. The lowest BCUT2D eigenvalue weighted by atomic mass is 9.96. The molecule has 136 valence electrons. The second kappa shape index (κ2) is 8.45. The summed E-state index contributed by atoms with van der Waals surface area (Å²) in [5.74, 6) is 1.10. The highest BCUT2D eigenvalue weighted by Crippen LogP contribution is 2.31. The molecule has 0 saturated carbocycles. The van der Waals surface area contributed by atoms with Gasteiger partial charge in [0.1, 0.15) is 11.4 Å². The number of carbonyl (C=O) groups is 1. The molecule has 0 bridgehead atoms. The number of ether oxygens (including phenoxy) is 2. The van der Waals surface area contributed by atoms with Crippen molar-refractivity contribution >= 4 is 29.3 Å². The molecular weight excluding hydrogens is 336 g/mol. The van der Waals surface area contributed by atoms with Crippen LogP contribution in [-0.2, 0) is 9.53 Å². The zero-order valence-electron chi connectivity index (χ0n) is 15.5. The smallest absolute Gasteiger partial charge is 0.276 e. The van der Waals surface area contributed by atoms with Gasteiger partial charge in [0.2, 0.25) is 0 Å². The zero-order valence-corrected chi connectivity index (χ0v) is 16.3. The van der Waals surface area contributed by atoms with Crippen LogP contribution in [0.1, 0.15) is 43.4 Å². The number of nitrogens with zero attached hydrogens (tertiary/aromatic N) is 1. The molecule has 1 aromatic rings. The van der Waals surface area contributed by atoms with E-state index in [1.807, 2.05) is 26.0 Å². The normalized spacial score (nSPS) is 16.1. The van der Waals surface area contributed by atoms with Gasteiger partial charge in [-0.05, 0) is 66.9 Å². The summed E-state index contributed by atoms with van der Waals surface area (Å²) in [5.41, 5.74) is 3.65. The van der Waals surface area contributed by atoms with E-state index in [0.29, 0.717) is 36.5 Å². The van der Waals surface area contributed by atoms with Crippen LogP contribution < -0.4 is 10.1 Å². The molecule has 0 atom stereocenters. The van der Waals surface area contributed by atoms with E-state index in [0.717, 1.165) is 22.4 Å². The Bertz CT molecular complexity index is 698. The number of methoxy groups -OCH3 is 1. The topological polar surface area (TPSA) is 50.8 Å². The first-order chi connectivity index (χ1) is 11.9. The maximum Gasteiger partial charge on any atom is 0.276 e. The van der Waals surface area contributed by atoms with Crippen molar-refractivity contribution < 1.29 is 14.3 Å². The van der Waals surface area contributed by atoms with Crippen LogP contribution in [0.25, 0.3) is 6.08 Å². The average Bonchev–Trinajstić information content (AvgIpc) is 2.81. The number of hydrogen-bond acceptors (Lipinski definition) is 4. The fourth-order valence-corrected chi connectivity index (χ4v) is 3.00. The summed E-state index contributed by atoms with van der Waals surface area (Å²) in [6.45, 7) is 9.77. The quantitative estimate of drug-likeness (QED) is 0.596. The molecular formula is C19H26N2O3S. The first-order valence-electron chi connectivity index (χ1n) is 8.49. The van der Waals surface area contributed by atoms with Crippen LogP contribution >= 0.6 is 12.2 Å². The average molecular weight is 362 g/mol. The standard InChI is InChI=1S/C19H26N2O3S/c1-6-24-17-9-13(4)14(10-15(17)12(2)3)11-16-18(22)21(7-8-23-5)19(25)20-16/h9-12H,6-8H2,1-5H3,(H,20,25)/b16-11-. The molecule has 0 unspecified atom stereocenters. The summed E-state index contributed by atoms with van der Waals surface area (Å²) < 4.78 is 10.8. The van der Waals surface area contributed by atoms with Gasteiger partial charge in [-0.15, -0.1) is 0 Å². The number of rotatable bonds is 7. The summed E-state index contributed by atoms with van der Waals surface area (Å²) in [4.78, 5) is 14.1. The Morgan fingerprint density at radius 3 is 2.68 bits per heavy atom. The van der Waals surface area contributed by atoms with Crippen molar-refractivity contribution in [2.24, 2.45) is 0 Å². The molecule has 5 nitrogen and oxygen atoms in total. The van der Waals surface area contributed by atoms with Crippen molar-refractivity contribution in [2.75, 3.05) is 26.9 Å². The Labute approximate surface area is 155 Å². The van der Waals surface area contributed by atoms with Gasteiger partial charge in [-0.25, -0.2) is 0 Å². The van der Waals surface area contributed by atoms with E-state index in [-0.39, 0.29) is 5.91 Å². The predicted molar refractivity (Wildman–Crippen MR) is 104 cm³/mol. The lowest BCUT2D eigenvalue weighted by Gasteiger charge is -2.16. The molecule has 6 heteroatoms. The Hall–Kier alpha value is -1.92. The fourth-order valence-electron chi connectivity index (χ4n) is 2.72. The van der Waals surface area contributed by atoms with Gasteiger partial charge < -0.3 is 14.8 Å². The Kier molecular flexibility index (Phi) is 6.56. The minimum Gasteiger partial charge on any atom is -0.494 e. The third kappa shape index (κ3) is 4.38. The Morgan fingerprint density at radius 1 is 1.36 bits per heavy atom. The second-order valence-electron chi connectivity index (χ2n) is 6.27. The highest BCUT2D eigenvalue weighted by atomic mass is 32.1. The predicted octanol–water partition coefficient (Wildman–Crippen LogP) is 3.22. The van der Waals surface area contributed by atoms with Gasteiger partial charge in [0.25, 0.3) is 5.91 Å². The molecule has 1 fully saturated rings. The molecule has 1 aromatic carbocycles. The SMILES string of the molecule is CCOc1cc(C)c(/C=C2\NC(=S)N(CCOC)C2=O)cc1C(C)C. The summed E-state index contributed by atoms with van der Waals surface area (Å²) in [6, 6.07) is 4.12. The van der Waals surface area contributed by atoms with Gasteiger partial charge >= 0.3 is 0 Å². The number of amides is 1. The van der Waals surface area contributed by atoms with Gasteiger partial charge in [0.05, 0.1) is 19.8 Å². The van der Waals surface area contributed by atoms with E-state index < -0.39 is 0 Å². The van der Waals surface area contributed by atoms with E-state index in [4.69, 9.17) is 21.7 Å². The van der Waals surface area contributed by atoms with E-state index >= 15 is 0 Å². The summed E-state index contributed by atoms with van der Waals surface area (Å²) in [7, 11) is 1.60. The minimum atomic E-state index is -0.124. The fraction of sp³-hybridized carbons (Fsp3) is 0.474. The summed E-state index contributed by atoms with van der Waals surface area (Å²) in [6.07, 6.45) is 1.86. The van der Waals surface area contributed by atoms with Crippen molar-refractivity contribution in [1.29, 1.82) is 0 Å².